The molecule has 2 fully saturated rings. The lowest BCUT2D eigenvalue weighted by molar-refractivity contribution is -0.140. The second kappa shape index (κ2) is 4.70. The Bertz CT molecular complexity index is 353. The van der Waals surface area contributed by atoms with Gasteiger partial charge in [0.05, 0.1) is 13.1 Å². The lowest BCUT2D eigenvalue weighted by atomic mass is 10.2. The van der Waals surface area contributed by atoms with Crippen LogP contribution in [0.5, 0.6) is 0 Å². The quantitative estimate of drug-likeness (QED) is 0.669. The van der Waals surface area contributed by atoms with E-state index >= 15 is 0 Å². The molecule has 7 nitrogen and oxygen atoms in total. The van der Waals surface area contributed by atoms with Crippen molar-refractivity contribution in [2.75, 3.05) is 19.7 Å². The van der Waals surface area contributed by atoms with Gasteiger partial charge in [-0.05, 0) is 18.8 Å². The topological polar surface area (TPSA) is 95.9 Å². The second-order valence-corrected chi connectivity index (χ2v) is 4.19. The predicted molar refractivity (Wildman–Crippen MR) is 55.2 cm³/mol. The van der Waals surface area contributed by atoms with Crippen molar-refractivity contribution in [2.45, 2.75) is 18.9 Å². The number of ether oxygens (including phenoxy) is 1. The summed E-state index contributed by atoms with van der Waals surface area (Å²) in [5.41, 5.74) is 0. The van der Waals surface area contributed by atoms with E-state index in [-0.39, 0.29) is 25.6 Å². The van der Waals surface area contributed by atoms with E-state index in [2.05, 4.69) is 10.1 Å². The number of aliphatic carboxylic acids is 1. The van der Waals surface area contributed by atoms with Crippen LogP contribution in [0.3, 0.4) is 0 Å². The molecule has 1 heterocycles. The fraction of sp³-hybridized carbons (Fsp3) is 0.700. The Morgan fingerprint density at radius 1 is 1.53 bits per heavy atom. The third-order valence-electron chi connectivity index (χ3n) is 2.89. The lowest BCUT2D eigenvalue weighted by Gasteiger charge is -2.15. The van der Waals surface area contributed by atoms with E-state index < -0.39 is 24.0 Å². The number of rotatable bonds is 5. The van der Waals surface area contributed by atoms with E-state index in [1.54, 1.807) is 0 Å². The number of nitrogens with zero attached hydrogens (tertiary/aromatic N) is 1. The van der Waals surface area contributed by atoms with Gasteiger partial charge in [0, 0.05) is 0 Å². The molecule has 2 aliphatic rings. The summed E-state index contributed by atoms with van der Waals surface area (Å²) < 4.78 is 4.62. The second-order valence-electron chi connectivity index (χ2n) is 4.19. The fourth-order valence-electron chi connectivity index (χ4n) is 1.80. The smallest absolute Gasteiger partial charge is 0.416 e. The molecule has 1 unspecified atom stereocenters. The fourth-order valence-corrected chi connectivity index (χ4v) is 1.80. The standard InChI is InChI=1S/C10H14N2O5/c13-7(12-3-4-17-10(12)16)5-11-8(9(14)15)6-1-2-6/h6,8,11H,1-5H2,(H,14,15). The zero-order chi connectivity index (χ0) is 12.4. The average Bonchev–Trinajstić information content (AvgIpc) is 3.00. The number of carboxylic acid groups (broad SMARTS) is 1. The van der Waals surface area contributed by atoms with Crippen LogP contribution in [0.25, 0.3) is 0 Å². The molecule has 1 aliphatic carbocycles. The van der Waals surface area contributed by atoms with Crippen LogP contribution in [-0.4, -0.2) is 53.7 Å². The maximum atomic E-state index is 11.6. The third kappa shape index (κ3) is 2.73. The van der Waals surface area contributed by atoms with Crippen molar-refractivity contribution in [1.29, 1.82) is 0 Å². The summed E-state index contributed by atoms with van der Waals surface area (Å²) in [6.45, 7) is 0.290. The van der Waals surface area contributed by atoms with Crippen LogP contribution in [0, 0.1) is 5.92 Å². The summed E-state index contributed by atoms with van der Waals surface area (Å²) in [6.07, 6.45) is 1.07. The molecule has 1 aliphatic heterocycles. The van der Waals surface area contributed by atoms with Crippen molar-refractivity contribution in [1.82, 2.24) is 10.2 Å². The van der Waals surface area contributed by atoms with E-state index in [9.17, 15) is 14.4 Å². The number of cyclic esters (lactones) is 1. The van der Waals surface area contributed by atoms with Crippen LogP contribution in [0.1, 0.15) is 12.8 Å². The zero-order valence-corrected chi connectivity index (χ0v) is 9.22. The number of imide groups is 1. The summed E-state index contributed by atoms with van der Waals surface area (Å²) in [5, 5.41) is 11.6. The van der Waals surface area contributed by atoms with Gasteiger partial charge in [0.15, 0.2) is 0 Å². The summed E-state index contributed by atoms with van der Waals surface area (Å²) in [5.74, 6) is -1.30. The highest BCUT2D eigenvalue weighted by Crippen LogP contribution is 2.32. The molecule has 0 radical (unpaired) electrons. The van der Waals surface area contributed by atoms with E-state index in [0.29, 0.717) is 0 Å². The molecule has 1 saturated carbocycles. The highest BCUT2D eigenvalue weighted by Gasteiger charge is 2.37. The van der Waals surface area contributed by atoms with Crippen LogP contribution < -0.4 is 5.32 Å². The van der Waals surface area contributed by atoms with E-state index in [0.717, 1.165) is 17.7 Å². The van der Waals surface area contributed by atoms with E-state index in [4.69, 9.17) is 5.11 Å². The molecule has 0 aromatic rings. The first-order valence-electron chi connectivity index (χ1n) is 5.53. The molecule has 7 heteroatoms. The molecule has 94 valence electrons. The average molecular weight is 242 g/mol. The molecule has 0 bridgehead atoms. The molecule has 2 N–H and O–H groups in total. The highest BCUT2D eigenvalue weighted by atomic mass is 16.6. The maximum absolute atomic E-state index is 11.6. The van der Waals surface area contributed by atoms with Gasteiger partial charge in [-0.3, -0.25) is 14.9 Å². The van der Waals surface area contributed by atoms with Crippen LogP contribution in [-0.2, 0) is 14.3 Å². The Hall–Kier alpha value is -1.63. The minimum absolute atomic E-state index is 0.103. The number of carbonyl (C=O) groups excluding carboxylic acids is 2. The molecular formula is C10H14N2O5. The molecule has 2 rings (SSSR count). The van der Waals surface area contributed by atoms with Gasteiger partial charge in [0.25, 0.3) is 0 Å². The Balaban J connectivity index is 1.82. The molecule has 17 heavy (non-hydrogen) atoms. The Morgan fingerprint density at radius 2 is 2.24 bits per heavy atom. The summed E-state index contributed by atoms with van der Waals surface area (Å²) in [4.78, 5) is 34.6. The van der Waals surface area contributed by atoms with Crippen LogP contribution in [0.15, 0.2) is 0 Å². The van der Waals surface area contributed by atoms with Gasteiger partial charge in [0.1, 0.15) is 12.6 Å². The van der Waals surface area contributed by atoms with E-state index in [1.165, 1.54) is 0 Å². The Morgan fingerprint density at radius 3 is 2.71 bits per heavy atom. The van der Waals surface area contributed by atoms with Crippen LogP contribution in [0.2, 0.25) is 0 Å². The normalized spacial score (nSPS) is 21.2. The van der Waals surface area contributed by atoms with Gasteiger partial charge >= 0.3 is 12.1 Å². The Labute approximate surface area is 97.7 Å². The number of carbonyl (C=O) groups is 3. The van der Waals surface area contributed by atoms with Crippen molar-refractivity contribution in [2.24, 2.45) is 5.92 Å². The molecule has 1 saturated heterocycles. The van der Waals surface area contributed by atoms with Crippen molar-refractivity contribution in [3.8, 4) is 0 Å². The molecule has 2 amide bonds. The van der Waals surface area contributed by atoms with Gasteiger partial charge in [-0.1, -0.05) is 0 Å². The molecule has 1 atom stereocenters. The first-order valence-corrected chi connectivity index (χ1v) is 5.53. The molecule has 0 aromatic carbocycles. The number of amides is 2. The highest BCUT2D eigenvalue weighted by molar-refractivity contribution is 5.94. The van der Waals surface area contributed by atoms with Crippen LogP contribution >= 0.6 is 0 Å². The summed E-state index contributed by atoms with van der Waals surface area (Å²) >= 11 is 0. The molecular weight excluding hydrogens is 228 g/mol. The van der Waals surface area contributed by atoms with Gasteiger partial charge in [-0.15, -0.1) is 0 Å². The number of hydrogen-bond donors (Lipinski definition) is 2. The number of nitrogens with one attached hydrogen (secondary N) is 1. The summed E-state index contributed by atoms with van der Waals surface area (Å²) in [6, 6.07) is -0.697. The van der Waals surface area contributed by atoms with Gasteiger partial charge in [-0.2, -0.15) is 0 Å². The summed E-state index contributed by atoms with van der Waals surface area (Å²) in [7, 11) is 0. The Kier molecular flexibility index (Phi) is 3.28. The first-order chi connectivity index (χ1) is 8.09. The largest absolute Gasteiger partial charge is 0.480 e. The monoisotopic (exact) mass is 242 g/mol. The first kappa shape index (κ1) is 11.8. The maximum Gasteiger partial charge on any atom is 0.416 e. The van der Waals surface area contributed by atoms with Gasteiger partial charge in [-0.25, -0.2) is 9.69 Å². The van der Waals surface area contributed by atoms with Gasteiger partial charge < -0.3 is 9.84 Å². The molecule has 0 spiro atoms. The predicted octanol–water partition coefficient (Wildman–Crippen LogP) is -0.582. The van der Waals surface area contributed by atoms with Crippen molar-refractivity contribution in [3.05, 3.63) is 0 Å². The minimum Gasteiger partial charge on any atom is -0.480 e. The van der Waals surface area contributed by atoms with Gasteiger partial charge in [0.2, 0.25) is 5.91 Å². The SMILES string of the molecule is O=C(O)C(NCC(=O)N1CCOC1=O)C1CC1. The molecule has 0 aromatic heterocycles. The minimum atomic E-state index is -0.954. The van der Waals surface area contributed by atoms with Crippen molar-refractivity contribution >= 4 is 18.0 Å². The number of carboxylic acids is 1. The van der Waals surface area contributed by atoms with Crippen molar-refractivity contribution in [3.63, 3.8) is 0 Å². The van der Waals surface area contributed by atoms with Crippen LogP contribution in [0.4, 0.5) is 4.79 Å². The lowest BCUT2D eigenvalue weighted by Crippen LogP contribution is -2.45. The number of hydrogen-bond acceptors (Lipinski definition) is 5. The zero-order valence-electron chi connectivity index (χ0n) is 9.22. The third-order valence-corrected chi connectivity index (χ3v) is 2.89. The van der Waals surface area contributed by atoms with E-state index in [1.807, 2.05) is 0 Å². The van der Waals surface area contributed by atoms with Crippen molar-refractivity contribution < 1.29 is 24.2 Å².